The molecule has 0 radical (unpaired) electrons. The van der Waals surface area contributed by atoms with E-state index in [2.05, 4.69) is 33.3 Å². The Kier molecular flexibility index (Phi) is 4.98. The van der Waals surface area contributed by atoms with Gasteiger partial charge in [0.1, 0.15) is 11.6 Å². The van der Waals surface area contributed by atoms with Crippen LogP contribution in [0.4, 0.5) is 15.9 Å². The van der Waals surface area contributed by atoms with Gasteiger partial charge in [-0.15, -0.1) is 0 Å². The molecule has 3 aromatic rings. The number of hydrogen-bond donors (Lipinski definition) is 1. The molecule has 4 rings (SSSR count). The molecule has 1 aliphatic rings. The van der Waals surface area contributed by atoms with Gasteiger partial charge in [0.15, 0.2) is 0 Å². The average molecular weight is 364 g/mol. The van der Waals surface area contributed by atoms with Crippen molar-refractivity contribution in [2.24, 2.45) is 0 Å². The van der Waals surface area contributed by atoms with Crippen molar-refractivity contribution in [3.05, 3.63) is 66.5 Å². The van der Waals surface area contributed by atoms with E-state index in [9.17, 15) is 9.18 Å². The number of nitrogens with zero attached hydrogens (tertiary/aromatic N) is 3. The number of rotatable bonds is 4. The number of pyridine rings is 1. The Bertz CT molecular complexity index is 936. The number of benzene rings is 2. The number of anilines is 2. The number of amides is 1. The molecule has 6 heteroatoms. The number of hydrogen-bond acceptors (Lipinski definition) is 4. The van der Waals surface area contributed by atoms with Crippen molar-refractivity contribution in [3.8, 4) is 0 Å². The van der Waals surface area contributed by atoms with E-state index in [0.717, 1.165) is 42.9 Å². The Hall–Kier alpha value is -2.99. The van der Waals surface area contributed by atoms with Crippen molar-refractivity contribution >= 4 is 28.3 Å². The predicted molar refractivity (Wildman–Crippen MR) is 105 cm³/mol. The van der Waals surface area contributed by atoms with E-state index in [1.165, 1.54) is 12.1 Å². The molecule has 2 heterocycles. The molecule has 138 valence electrons. The standard InChI is InChI=1S/C21H21FN4O/c22-17-6-8-18(9-7-17)23-21(27)15-25-11-13-26(14-12-25)20-10-5-16-3-1-2-4-19(16)24-20/h1-10H,11-15H2,(H,23,27). The van der Waals surface area contributed by atoms with Crippen molar-refractivity contribution in [2.75, 3.05) is 42.9 Å². The molecule has 0 atom stereocenters. The second-order valence-corrected chi connectivity index (χ2v) is 6.68. The minimum Gasteiger partial charge on any atom is -0.354 e. The average Bonchev–Trinajstić information content (AvgIpc) is 2.70. The van der Waals surface area contributed by atoms with Crippen LogP contribution in [0.1, 0.15) is 0 Å². The molecular weight excluding hydrogens is 343 g/mol. The first-order valence-corrected chi connectivity index (χ1v) is 9.06. The molecular formula is C21H21FN4O. The first kappa shape index (κ1) is 17.4. The van der Waals surface area contributed by atoms with Crippen LogP contribution in [0.15, 0.2) is 60.7 Å². The lowest BCUT2D eigenvalue weighted by Gasteiger charge is -2.35. The van der Waals surface area contributed by atoms with Crippen LogP contribution < -0.4 is 10.2 Å². The minimum atomic E-state index is -0.313. The molecule has 27 heavy (non-hydrogen) atoms. The molecule has 0 aliphatic carbocycles. The Morgan fingerprint density at radius 1 is 0.963 bits per heavy atom. The Balaban J connectivity index is 1.31. The van der Waals surface area contributed by atoms with Crippen molar-refractivity contribution in [1.82, 2.24) is 9.88 Å². The van der Waals surface area contributed by atoms with Gasteiger partial charge in [0.25, 0.3) is 0 Å². The summed E-state index contributed by atoms with van der Waals surface area (Å²) in [6, 6.07) is 18.1. The summed E-state index contributed by atoms with van der Waals surface area (Å²) in [5.41, 5.74) is 1.61. The van der Waals surface area contributed by atoms with Crippen LogP contribution >= 0.6 is 0 Å². The van der Waals surface area contributed by atoms with Crippen molar-refractivity contribution < 1.29 is 9.18 Å². The zero-order valence-electron chi connectivity index (χ0n) is 14.9. The summed E-state index contributed by atoms with van der Waals surface area (Å²) in [7, 11) is 0. The van der Waals surface area contributed by atoms with Gasteiger partial charge in [-0.1, -0.05) is 18.2 Å². The van der Waals surface area contributed by atoms with E-state index in [1.807, 2.05) is 18.2 Å². The highest BCUT2D eigenvalue weighted by molar-refractivity contribution is 5.92. The van der Waals surface area contributed by atoms with Gasteiger partial charge in [0, 0.05) is 37.3 Å². The van der Waals surface area contributed by atoms with E-state index < -0.39 is 0 Å². The lowest BCUT2D eigenvalue weighted by atomic mass is 10.2. The number of para-hydroxylation sites is 1. The van der Waals surface area contributed by atoms with Crippen molar-refractivity contribution in [1.29, 1.82) is 0 Å². The van der Waals surface area contributed by atoms with Gasteiger partial charge in [-0.05, 0) is 42.5 Å². The molecule has 1 amide bonds. The molecule has 1 aliphatic heterocycles. The maximum absolute atomic E-state index is 12.9. The van der Waals surface area contributed by atoms with Gasteiger partial charge in [0.05, 0.1) is 12.1 Å². The second-order valence-electron chi connectivity index (χ2n) is 6.68. The second kappa shape index (κ2) is 7.72. The first-order chi connectivity index (χ1) is 13.2. The molecule has 1 saturated heterocycles. The van der Waals surface area contributed by atoms with E-state index in [1.54, 1.807) is 12.1 Å². The smallest absolute Gasteiger partial charge is 0.238 e. The maximum Gasteiger partial charge on any atom is 0.238 e. The first-order valence-electron chi connectivity index (χ1n) is 9.06. The SMILES string of the molecule is O=C(CN1CCN(c2ccc3ccccc3n2)CC1)Nc1ccc(F)cc1. The molecule has 0 bridgehead atoms. The third-order valence-electron chi connectivity index (χ3n) is 4.78. The predicted octanol–water partition coefficient (Wildman–Crippen LogP) is 3.13. The number of carbonyl (C=O) groups excluding carboxylic acids is 1. The highest BCUT2D eigenvalue weighted by atomic mass is 19.1. The monoisotopic (exact) mass is 364 g/mol. The van der Waals surface area contributed by atoms with Crippen molar-refractivity contribution in [2.45, 2.75) is 0 Å². The number of piperazine rings is 1. The summed E-state index contributed by atoms with van der Waals surface area (Å²) >= 11 is 0. The number of carbonyl (C=O) groups is 1. The summed E-state index contributed by atoms with van der Waals surface area (Å²) in [6.07, 6.45) is 0. The Morgan fingerprint density at radius 2 is 1.70 bits per heavy atom. The van der Waals surface area contributed by atoms with Gasteiger partial charge < -0.3 is 10.2 Å². The highest BCUT2D eigenvalue weighted by Crippen LogP contribution is 2.19. The molecule has 0 spiro atoms. The number of nitrogens with one attached hydrogen (secondary N) is 1. The van der Waals surface area contributed by atoms with Crippen LogP contribution in [0, 0.1) is 5.82 Å². The van der Waals surface area contributed by atoms with Gasteiger partial charge in [-0.25, -0.2) is 9.37 Å². The lowest BCUT2D eigenvalue weighted by molar-refractivity contribution is -0.117. The minimum absolute atomic E-state index is 0.0844. The third-order valence-corrected chi connectivity index (χ3v) is 4.78. The fraction of sp³-hybridized carbons (Fsp3) is 0.238. The van der Waals surface area contributed by atoms with E-state index in [-0.39, 0.29) is 11.7 Å². The van der Waals surface area contributed by atoms with Gasteiger partial charge >= 0.3 is 0 Å². The summed E-state index contributed by atoms with van der Waals surface area (Å²) in [5, 5.41) is 3.94. The molecule has 1 aromatic heterocycles. The fourth-order valence-electron chi connectivity index (χ4n) is 3.30. The number of fused-ring (bicyclic) bond motifs is 1. The van der Waals surface area contributed by atoms with Gasteiger partial charge in [-0.2, -0.15) is 0 Å². The van der Waals surface area contributed by atoms with Crippen LogP contribution in [0.25, 0.3) is 10.9 Å². The zero-order chi connectivity index (χ0) is 18.6. The Morgan fingerprint density at radius 3 is 2.48 bits per heavy atom. The van der Waals surface area contributed by atoms with Gasteiger partial charge in [-0.3, -0.25) is 9.69 Å². The Labute approximate surface area is 157 Å². The number of aromatic nitrogens is 1. The number of halogens is 1. The van der Waals surface area contributed by atoms with Crippen LogP contribution in [0.3, 0.4) is 0 Å². The highest BCUT2D eigenvalue weighted by Gasteiger charge is 2.20. The van der Waals surface area contributed by atoms with Crippen LogP contribution in [-0.4, -0.2) is 48.5 Å². The lowest BCUT2D eigenvalue weighted by Crippen LogP contribution is -2.48. The molecule has 0 unspecified atom stereocenters. The third kappa shape index (κ3) is 4.23. The van der Waals surface area contributed by atoms with Gasteiger partial charge in [0.2, 0.25) is 5.91 Å². The maximum atomic E-state index is 12.9. The van der Waals surface area contributed by atoms with Crippen LogP contribution in [0.5, 0.6) is 0 Å². The van der Waals surface area contributed by atoms with Crippen molar-refractivity contribution in [3.63, 3.8) is 0 Å². The molecule has 2 aromatic carbocycles. The summed E-state index contributed by atoms with van der Waals surface area (Å²) in [4.78, 5) is 21.3. The fourth-order valence-corrected chi connectivity index (χ4v) is 3.30. The van der Waals surface area contributed by atoms with E-state index in [4.69, 9.17) is 4.98 Å². The largest absolute Gasteiger partial charge is 0.354 e. The zero-order valence-corrected chi connectivity index (χ0v) is 14.9. The van der Waals surface area contributed by atoms with E-state index >= 15 is 0 Å². The topological polar surface area (TPSA) is 48.5 Å². The molecule has 1 N–H and O–H groups in total. The summed E-state index contributed by atoms with van der Waals surface area (Å²) in [6.45, 7) is 3.58. The molecule has 0 saturated carbocycles. The van der Waals surface area contributed by atoms with Crippen LogP contribution in [-0.2, 0) is 4.79 Å². The normalized spacial score (nSPS) is 15.1. The molecule has 5 nitrogen and oxygen atoms in total. The summed E-state index contributed by atoms with van der Waals surface area (Å²) in [5.74, 6) is 0.578. The quantitative estimate of drug-likeness (QED) is 0.773. The molecule has 1 fully saturated rings. The van der Waals surface area contributed by atoms with E-state index in [0.29, 0.717) is 12.2 Å². The summed E-state index contributed by atoms with van der Waals surface area (Å²) < 4.78 is 12.9. The van der Waals surface area contributed by atoms with Crippen LogP contribution in [0.2, 0.25) is 0 Å².